The summed E-state index contributed by atoms with van der Waals surface area (Å²) in [5, 5.41) is 8.28. The minimum absolute atomic E-state index is 0.706. The van der Waals surface area contributed by atoms with Gasteiger partial charge in [-0.25, -0.2) is 4.72 Å². The van der Waals surface area contributed by atoms with E-state index in [0.29, 0.717) is 0 Å². The van der Waals surface area contributed by atoms with Crippen LogP contribution in [0.5, 0.6) is 0 Å². The molecule has 11 heteroatoms. The van der Waals surface area contributed by atoms with Crippen LogP contribution in [0.25, 0.3) is 0 Å². The van der Waals surface area contributed by atoms with Gasteiger partial charge in [-0.15, -0.1) is 0 Å². The average Bonchev–Trinajstić information content (AvgIpc) is 2.10. The summed E-state index contributed by atoms with van der Waals surface area (Å²) < 4.78 is 59.3. The van der Waals surface area contributed by atoms with Crippen LogP contribution in [0.15, 0.2) is 0 Å². The van der Waals surface area contributed by atoms with Crippen molar-refractivity contribution in [3.05, 3.63) is 0 Å². The van der Waals surface area contributed by atoms with Crippen LogP contribution in [0.3, 0.4) is 0 Å². The van der Waals surface area contributed by atoms with Crippen LogP contribution in [-0.4, -0.2) is 44.8 Å². The summed E-state index contributed by atoms with van der Waals surface area (Å²) in [5.41, 5.74) is 4.93. The molecule has 1 atom stereocenters. The smallest absolute Gasteiger partial charge is 0.402 e. The van der Waals surface area contributed by atoms with Crippen molar-refractivity contribution in [3.63, 3.8) is 0 Å². The van der Waals surface area contributed by atoms with Gasteiger partial charge in [0.2, 0.25) is 0 Å². The van der Waals surface area contributed by atoms with Gasteiger partial charge in [0, 0.05) is 6.54 Å². The van der Waals surface area contributed by atoms with E-state index in [0.717, 1.165) is 0 Å². The van der Waals surface area contributed by atoms with Crippen LogP contribution < -0.4 is 15.2 Å². The number of nitrogens with two attached hydrogens (primary N) is 1. The maximum atomic E-state index is 11.6. The van der Waals surface area contributed by atoms with Crippen LogP contribution in [0.1, 0.15) is 0 Å². The normalized spacial score (nSPS) is 14.8. The standard InChI is InChI=1S/C5H10F3N3O4S/c6-5(7,8)2-11-16(14,15)10-1-3(9)4(12)13/h3,10-11H,1-2,9H2,(H,12,13). The summed E-state index contributed by atoms with van der Waals surface area (Å²) in [6.07, 6.45) is -4.69. The fourth-order valence-electron chi connectivity index (χ4n) is 0.515. The van der Waals surface area contributed by atoms with Gasteiger partial charge in [0.15, 0.2) is 0 Å². The van der Waals surface area contributed by atoms with Crippen molar-refractivity contribution in [2.24, 2.45) is 5.73 Å². The molecule has 0 spiro atoms. The molecule has 0 aliphatic rings. The summed E-state index contributed by atoms with van der Waals surface area (Å²) in [5.74, 6) is -1.47. The molecule has 16 heavy (non-hydrogen) atoms. The highest BCUT2D eigenvalue weighted by atomic mass is 32.2. The van der Waals surface area contributed by atoms with Crippen molar-refractivity contribution in [1.29, 1.82) is 0 Å². The van der Waals surface area contributed by atoms with E-state index < -0.39 is 41.5 Å². The molecule has 1 unspecified atom stereocenters. The van der Waals surface area contributed by atoms with Crippen LogP contribution in [0.2, 0.25) is 0 Å². The summed E-state index contributed by atoms with van der Waals surface area (Å²) in [4.78, 5) is 10.2. The molecule has 7 nitrogen and oxygen atoms in total. The van der Waals surface area contributed by atoms with Gasteiger partial charge in [-0.1, -0.05) is 0 Å². The molecule has 0 aromatic rings. The monoisotopic (exact) mass is 265 g/mol. The highest BCUT2D eigenvalue weighted by Gasteiger charge is 2.29. The Bertz CT molecular complexity index is 341. The van der Waals surface area contributed by atoms with Crippen molar-refractivity contribution >= 4 is 16.2 Å². The average molecular weight is 265 g/mol. The molecule has 0 aromatic carbocycles. The van der Waals surface area contributed by atoms with Crippen molar-refractivity contribution in [1.82, 2.24) is 9.44 Å². The predicted molar refractivity (Wildman–Crippen MR) is 46.6 cm³/mol. The van der Waals surface area contributed by atoms with Gasteiger partial charge >= 0.3 is 12.1 Å². The first-order valence-corrected chi connectivity index (χ1v) is 5.31. The quantitative estimate of drug-likeness (QED) is 0.460. The van der Waals surface area contributed by atoms with Crippen molar-refractivity contribution < 1.29 is 31.5 Å². The lowest BCUT2D eigenvalue weighted by Gasteiger charge is -2.11. The second-order valence-electron chi connectivity index (χ2n) is 2.73. The molecule has 0 fully saturated rings. The summed E-state index contributed by atoms with van der Waals surface area (Å²) in [6.45, 7) is -2.45. The second kappa shape index (κ2) is 5.43. The van der Waals surface area contributed by atoms with Crippen LogP contribution >= 0.6 is 0 Å². The van der Waals surface area contributed by atoms with E-state index in [2.05, 4.69) is 0 Å². The van der Waals surface area contributed by atoms with E-state index in [1.54, 1.807) is 4.72 Å². The van der Waals surface area contributed by atoms with E-state index in [4.69, 9.17) is 10.8 Å². The van der Waals surface area contributed by atoms with Gasteiger partial charge in [-0.2, -0.15) is 26.3 Å². The van der Waals surface area contributed by atoms with Crippen molar-refractivity contribution in [3.8, 4) is 0 Å². The SMILES string of the molecule is NC(CNS(=O)(=O)NCC(F)(F)F)C(=O)O. The van der Waals surface area contributed by atoms with E-state index in [-0.39, 0.29) is 0 Å². The number of carboxylic acids is 1. The third-order valence-electron chi connectivity index (χ3n) is 1.27. The highest BCUT2D eigenvalue weighted by molar-refractivity contribution is 7.87. The molecule has 0 heterocycles. The molecule has 0 aromatic heterocycles. The summed E-state index contributed by atoms with van der Waals surface area (Å²) >= 11 is 0. The third-order valence-corrected chi connectivity index (χ3v) is 2.34. The van der Waals surface area contributed by atoms with Crippen LogP contribution in [0.4, 0.5) is 13.2 Å². The molecule has 0 amide bonds. The fraction of sp³-hybridized carbons (Fsp3) is 0.800. The summed E-state index contributed by atoms with van der Waals surface area (Å²) in [7, 11) is -4.41. The number of rotatable bonds is 6. The Hall–Kier alpha value is -0.910. The number of alkyl halides is 3. The largest absolute Gasteiger partial charge is 0.480 e. The van der Waals surface area contributed by atoms with Crippen molar-refractivity contribution in [2.75, 3.05) is 13.1 Å². The Labute approximate surface area is 89.0 Å². The molecule has 96 valence electrons. The summed E-state index contributed by atoms with van der Waals surface area (Å²) in [6, 6.07) is -1.53. The molecule has 0 aliphatic heterocycles. The topological polar surface area (TPSA) is 122 Å². The predicted octanol–water partition coefficient (Wildman–Crippen LogP) is -1.62. The number of carboxylic acid groups (broad SMARTS) is 1. The van der Waals surface area contributed by atoms with Crippen LogP contribution in [-0.2, 0) is 15.0 Å². The molecule has 0 radical (unpaired) electrons. The number of halogens is 3. The molecule has 0 aliphatic carbocycles. The maximum Gasteiger partial charge on any atom is 0.402 e. The molecule has 0 saturated heterocycles. The number of nitrogens with one attached hydrogen (secondary N) is 2. The Kier molecular flexibility index (Phi) is 5.12. The Morgan fingerprint density at radius 3 is 2.25 bits per heavy atom. The van der Waals surface area contributed by atoms with Gasteiger partial charge in [0.25, 0.3) is 10.2 Å². The molecular formula is C5H10F3N3O4S. The number of carbonyl (C=O) groups is 1. The first-order chi connectivity index (χ1) is 7.03. The molecule has 0 saturated carbocycles. The lowest BCUT2D eigenvalue weighted by Crippen LogP contribution is -2.47. The third kappa shape index (κ3) is 7.39. The van der Waals surface area contributed by atoms with Crippen molar-refractivity contribution in [2.45, 2.75) is 12.2 Å². The minimum Gasteiger partial charge on any atom is -0.480 e. The lowest BCUT2D eigenvalue weighted by molar-refractivity contribution is -0.138. The van der Waals surface area contributed by atoms with E-state index in [1.807, 2.05) is 0 Å². The molecule has 0 rings (SSSR count). The Morgan fingerprint density at radius 2 is 1.88 bits per heavy atom. The fourth-order valence-corrected chi connectivity index (χ4v) is 1.37. The molecule has 0 bridgehead atoms. The maximum absolute atomic E-state index is 11.6. The number of hydrogen-bond acceptors (Lipinski definition) is 4. The zero-order valence-corrected chi connectivity index (χ0v) is 8.60. The van der Waals surface area contributed by atoms with Gasteiger partial charge in [-0.3, -0.25) is 4.79 Å². The van der Waals surface area contributed by atoms with E-state index >= 15 is 0 Å². The van der Waals surface area contributed by atoms with E-state index in [9.17, 15) is 26.4 Å². The highest BCUT2D eigenvalue weighted by Crippen LogP contribution is 2.12. The van der Waals surface area contributed by atoms with Gasteiger partial charge in [0.1, 0.15) is 12.6 Å². The lowest BCUT2D eigenvalue weighted by atomic mass is 10.3. The number of aliphatic carboxylic acids is 1. The Balaban J connectivity index is 4.12. The zero-order chi connectivity index (χ0) is 13.0. The minimum atomic E-state index is -4.69. The van der Waals surface area contributed by atoms with Crippen LogP contribution in [0, 0.1) is 0 Å². The zero-order valence-electron chi connectivity index (χ0n) is 7.78. The van der Waals surface area contributed by atoms with Gasteiger partial charge < -0.3 is 10.8 Å². The van der Waals surface area contributed by atoms with E-state index in [1.165, 1.54) is 4.72 Å². The molecular weight excluding hydrogens is 255 g/mol. The number of hydrogen-bond donors (Lipinski definition) is 4. The van der Waals surface area contributed by atoms with Gasteiger partial charge in [-0.05, 0) is 0 Å². The first-order valence-electron chi connectivity index (χ1n) is 3.83. The second-order valence-corrected chi connectivity index (χ2v) is 4.32. The Morgan fingerprint density at radius 1 is 1.38 bits per heavy atom. The van der Waals surface area contributed by atoms with Gasteiger partial charge in [0.05, 0.1) is 0 Å². The first kappa shape index (κ1) is 15.1. The molecule has 5 N–H and O–H groups in total.